The summed E-state index contributed by atoms with van der Waals surface area (Å²) in [4.78, 5) is 38.2. The quantitative estimate of drug-likeness (QED) is 0.276. The minimum absolute atomic E-state index is 0.0204. The fourth-order valence-corrected chi connectivity index (χ4v) is 6.17. The molecule has 2 aromatic rings. The summed E-state index contributed by atoms with van der Waals surface area (Å²) in [5.74, 6) is -0.463. The van der Waals surface area contributed by atoms with Crippen LogP contribution in [0.4, 0.5) is 4.79 Å². The van der Waals surface area contributed by atoms with Crippen LogP contribution in [-0.4, -0.2) is 55.9 Å². The van der Waals surface area contributed by atoms with Crippen LogP contribution in [0.3, 0.4) is 0 Å². The van der Waals surface area contributed by atoms with Gasteiger partial charge in [-0.2, -0.15) is 0 Å². The van der Waals surface area contributed by atoms with Crippen molar-refractivity contribution >= 4 is 18.0 Å². The van der Waals surface area contributed by atoms with Gasteiger partial charge in [0.2, 0.25) is 5.91 Å². The van der Waals surface area contributed by atoms with Gasteiger partial charge in [-0.3, -0.25) is 4.79 Å². The Balaban J connectivity index is 1.06. The molecule has 8 nitrogen and oxygen atoms in total. The maximum atomic E-state index is 13.0. The minimum atomic E-state index is -0.675. The molecule has 2 aromatic carbocycles. The number of fused-ring (bicyclic) bond motifs is 3. The third-order valence-corrected chi connectivity index (χ3v) is 8.35. The highest BCUT2D eigenvalue weighted by Gasteiger charge is 2.31. The SMILES string of the molecule is O=C(NCCCC[C@H](NC(=O)[C@@H]1CCCN1)C(=O)OC1CCCCC1)OCC1c2ccccc2-c2ccccc21. The number of hydrogen-bond acceptors (Lipinski definition) is 6. The maximum absolute atomic E-state index is 13.0. The van der Waals surface area contributed by atoms with Crippen LogP contribution in [0.1, 0.15) is 81.3 Å². The van der Waals surface area contributed by atoms with Crippen molar-refractivity contribution in [3.63, 3.8) is 0 Å². The number of hydrogen-bond donors (Lipinski definition) is 3. The van der Waals surface area contributed by atoms with Gasteiger partial charge in [0.05, 0.1) is 6.04 Å². The zero-order valence-corrected chi connectivity index (χ0v) is 23.2. The molecule has 1 saturated carbocycles. The Morgan fingerprint density at radius 2 is 1.57 bits per heavy atom. The lowest BCUT2D eigenvalue weighted by Gasteiger charge is -2.26. The molecular formula is C32H41N3O5. The molecule has 0 bridgehead atoms. The lowest BCUT2D eigenvalue weighted by atomic mass is 9.97. The zero-order valence-electron chi connectivity index (χ0n) is 23.2. The molecular weight excluding hydrogens is 506 g/mol. The average molecular weight is 548 g/mol. The van der Waals surface area contributed by atoms with E-state index < -0.39 is 12.1 Å². The Labute approximate surface area is 236 Å². The van der Waals surface area contributed by atoms with Crippen molar-refractivity contribution in [2.75, 3.05) is 19.7 Å². The number of carbonyl (C=O) groups excluding carboxylic acids is 3. The van der Waals surface area contributed by atoms with Crippen LogP contribution < -0.4 is 16.0 Å². The fourth-order valence-electron chi connectivity index (χ4n) is 6.17. The third-order valence-electron chi connectivity index (χ3n) is 8.35. The third kappa shape index (κ3) is 7.02. The smallest absolute Gasteiger partial charge is 0.407 e. The van der Waals surface area contributed by atoms with Gasteiger partial charge < -0.3 is 25.4 Å². The second kappa shape index (κ2) is 13.8. The molecule has 0 aromatic heterocycles. The summed E-state index contributed by atoms with van der Waals surface area (Å²) in [6, 6.07) is 15.6. The predicted octanol–water partition coefficient (Wildman–Crippen LogP) is 4.81. The molecule has 2 atom stereocenters. The lowest BCUT2D eigenvalue weighted by Crippen LogP contribution is -2.49. The van der Waals surface area contributed by atoms with E-state index in [1.165, 1.54) is 28.7 Å². The zero-order chi connectivity index (χ0) is 27.7. The Kier molecular flexibility index (Phi) is 9.71. The van der Waals surface area contributed by atoms with Crippen LogP contribution >= 0.6 is 0 Å². The van der Waals surface area contributed by atoms with E-state index in [0.29, 0.717) is 25.8 Å². The summed E-state index contributed by atoms with van der Waals surface area (Å²) in [7, 11) is 0. The Morgan fingerprint density at radius 3 is 2.25 bits per heavy atom. The number of alkyl carbamates (subject to hydrolysis) is 1. The van der Waals surface area contributed by atoms with Gasteiger partial charge in [0.1, 0.15) is 18.8 Å². The summed E-state index contributed by atoms with van der Waals surface area (Å²) in [6.45, 7) is 1.52. The number of amides is 2. The highest BCUT2D eigenvalue weighted by atomic mass is 16.6. The molecule has 214 valence electrons. The van der Waals surface area contributed by atoms with Crippen LogP contribution in [0.2, 0.25) is 0 Å². The van der Waals surface area contributed by atoms with Crippen molar-refractivity contribution in [3.05, 3.63) is 59.7 Å². The van der Waals surface area contributed by atoms with E-state index in [9.17, 15) is 14.4 Å². The number of esters is 1. The number of nitrogens with one attached hydrogen (secondary N) is 3. The first-order valence-corrected chi connectivity index (χ1v) is 14.9. The number of ether oxygens (including phenoxy) is 2. The van der Waals surface area contributed by atoms with E-state index in [2.05, 4.69) is 40.2 Å². The van der Waals surface area contributed by atoms with E-state index in [4.69, 9.17) is 9.47 Å². The van der Waals surface area contributed by atoms with Crippen LogP contribution in [-0.2, 0) is 19.1 Å². The van der Waals surface area contributed by atoms with Crippen LogP contribution in [0.25, 0.3) is 11.1 Å². The molecule has 1 aliphatic heterocycles. The van der Waals surface area contributed by atoms with Gasteiger partial charge in [-0.05, 0) is 86.6 Å². The van der Waals surface area contributed by atoms with Crippen molar-refractivity contribution in [1.29, 1.82) is 0 Å². The second-order valence-corrected chi connectivity index (χ2v) is 11.2. The number of unbranched alkanes of at least 4 members (excludes halogenated alkanes) is 1. The summed E-state index contributed by atoms with van der Waals surface area (Å²) < 4.78 is 11.4. The first kappa shape index (κ1) is 28.1. The first-order valence-electron chi connectivity index (χ1n) is 14.9. The van der Waals surface area contributed by atoms with Gasteiger partial charge in [0, 0.05) is 12.5 Å². The summed E-state index contributed by atoms with van der Waals surface area (Å²) in [5, 5.41) is 8.95. The van der Waals surface area contributed by atoms with E-state index in [1.54, 1.807) is 0 Å². The summed E-state index contributed by atoms with van der Waals surface area (Å²) >= 11 is 0. The standard InChI is InChI=1S/C32H41N3O5/c36-30(28-18-10-20-33-28)35-29(31(37)40-22-11-2-1-3-12-22)17-8-9-19-34-32(38)39-21-27-25-15-6-4-13-23(25)24-14-5-7-16-26(24)27/h4-7,13-16,22,27-29,33H,1-3,8-12,17-21H2,(H,34,38)(H,35,36)/t28-,29-/m0/s1. The molecule has 3 N–H and O–H groups in total. The predicted molar refractivity (Wildman–Crippen MR) is 153 cm³/mol. The molecule has 0 radical (unpaired) electrons. The van der Waals surface area contributed by atoms with Gasteiger partial charge in [-0.25, -0.2) is 9.59 Å². The van der Waals surface area contributed by atoms with Crippen molar-refractivity contribution < 1.29 is 23.9 Å². The molecule has 1 heterocycles. The molecule has 40 heavy (non-hydrogen) atoms. The molecule has 8 heteroatoms. The monoisotopic (exact) mass is 547 g/mol. The van der Waals surface area contributed by atoms with Gasteiger partial charge >= 0.3 is 12.1 Å². The van der Waals surface area contributed by atoms with E-state index in [-0.39, 0.29) is 36.5 Å². The van der Waals surface area contributed by atoms with Crippen LogP contribution in [0.5, 0.6) is 0 Å². The normalized spacial score (nSPS) is 19.4. The van der Waals surface area contributed by atoms with Gasteiger partial charge in [-0.1, -0.05) is 55.0 Å². The fraction of sp³-hybridized carbons (Fsp3) is 0.531. The molecule has 2 aliphatic carbocycles. The second-order valence-electron chi connectivity index (χ2n) is 11.2. The van der Waals surface area contributed by atoms with Crippen molar-refractivity contribution in [1.82, 2.24) is 16.0 Å². The maximum Gasteiger partial charge on any atom is 0.407 e. The first-order chi connectivity index (χ1) is 19.6. The van der Waals surface area contributed by atoms with Crippen molar-refractivity contribution in [2.24, 2.45) is 0 Å². The Bertz CT molecular complexity index is 1130. The minimum Gasteiger partial charge on any atom is -0.461 e. The van der Waals surface area contributed by atoms with Crippen LogP contribution in [0, 0.1) is 0 Å². The number of benzene rings is 2. The molecule has 5 rings (SSSR count). The number of carbonyl (C=O) groups is 3. The lowest BCUT2D eigenvalue weighted by molar-refractivity contribution is -0.154. The molecule has 2 amide bonds. The van der Waals surface area contributed by atoms with Gasteiger partial charge in [-0.15, -0.1) is 0 Å². The highest BCUT2D eigenvalue weighted by Crippen LogP contribution is 2.44. The summed E-state index contributed by atoms with van der Waals surface area (Å²) in [6.07, 6.45) is 8.12. The van der Waals surface area contributed by atoms with Gasteiger partial charge in [0.15, 0.2) is 0 Å². The molecule has 3 aliphatic rings. The molecule has 2 fully saturated rings. The van der Waals surface area contributed by atoms with E-state index in [0.717, 1.165) is 45.1 Å². The number of rotatable bonds is 11. The highest BCUT2D eigenvalue weighted by molar-refractivity contribution is 5.87. The van der Waals surface area contributed by atoms with E-state index in [1.807, 2.05) is 24.3 Å². The van der Waals surface area contributed by atoms with Crippen molar-refractivity contribution in [3.8, 4) is 11.1 Å². The molecule has 0 unspecified atom stereocenters. The average Bonchev–Trinajstić information content (AvgIpc) is 3.63. The molecule has 1 saturated heterocycles. The Hall–Kier alpha value is -3.39. The van der Waals surface area contributed by atoms with Crippen LogP contribution in [0.15, 0.2) is 48.5 Å². The van der Waals surface area contributed by atoms with Crippen molar-refractivity contribution in [2.45, 2.75) is 88.3 Å². The van der Waals surface area contributed by atoms with E-state index >= 15 is 0 Å². The summed E-state index contributed by atoms with van der Waals surface area (Å²) in [5.41, 5.74) is 4.74. The largest absolute Gasteiger partial charge is 0.461 e. The van der Waals surface area contributed by atoms with Gasteiger partial charge in [0.25, 0.3) is 0 Å². The topological polar surface area (TPSA) is 106 Å². The Morgan fingerprint density at radius 1 is 0.875 bits per heavy atom. The molecule has 0 spiro atoms.